The highest BCUT2D eigenvalue weighted by Crippen LogP contribution is 2.21. The lowest BCUT2D eigenvalue weighted by atomic mass is 10.0. The third-order valence-corrected chi connectivity index (χ3v) is 3.24. The zero-order chi connectivity index (χ0) is 12.1. The first-order valence-electron chi connectivity index (χ1n) is 6.15. The highest BCUT2D eigenvalue weighted by Gasteiger charge is 2.21. The largest absolute Gasteiger partial charge is 0.379 e. The summed E-state index contributed by atoms with van der Waals surface area (Å²) in [5.41, 5.74) is 2.40. The molecule has 0 aromatic heterocycles. The van der Waals surface area contributed by atoms with Crippen molar-refractivity contribution in [2.45, 2.75) is 19.4 Å². The van der Waals surface area contributed by atoms with E-state index in [-0.39, 0.29) is 6.04 Å². The maximum atomic E-state index is 9.33. The molecule has 1 aliphatic rings. The Bertz CT molecular complexity index is 388. The van der Waals surface area contributed by atoms with E-state index in [2.05, 4.69) is 42.2 Å². The Labute approximate surface area is 103 Å². The van der Waals surface area contributed by atoms with Gasteiger partial charge in [0.2, 0.25) is 0 Å². The molecule has 0 saturated carbocycles. The van der Waals surface area contributed by atoms with E-state index in [4.69, 9.17) is 4.74 Å². The van der Waals surface area contributed by atoms with Gasteiger partial charge in [-0.25, -0.2) is 0 Å². The van der Waals surface area contributed by atoms with Crippen LogP contribution in [0.25, 0.3) is 0 Å². The molecule has 1 aliphatic heterocycles. The van der Waals surface area contributed by atoms with Gasteiger partial charge in [-0.2, -0.15) is 5.26 Å². The molecule has 0 bridgehead atoms. The summed E-state index contributed by atoms with van der Waals surface area (Å²) in [7, 11) is 0. The van der Waals surface area contributed by atoms with Crippen molar-refractivity contribution in [3.8, 4) is 6.07 Å². The number of hydrogen-bond donors (Lipinski definition) is 0. The molecule has 1 unspecified atom stereocenters. The summed E-state index contributed by atoms with van der Waals surface area (Å²) >= 11 is 0. The van der Waals surface area contributed by atoms with Crippen molar-refractivity contribution in [2.24, 2.45) is 0 Å². The van der Waals surface area contributed by atoms with Gasteiger partial charge in [-0.15, -0.1) is 0 Å². The first-order chi connectivity index (χ1) is 8.35. The van der Waals surface area contributed by atoms with Crippen LogP contribution < -0.4 is 0 Å². The second-order valence-electron chi connectivity index (χ2n) is 4.28. The van der Waals surface area contributed by atoms with E-state index in [1.165, 1.54) is 5.56 Å². The fourth-order valence-corrected chi connectivity index (χ4v) is 2.14. The smallest absolute Gasteiger partial charge is 0.124 e. The Morgan fingerprint density at radius 3 is 2.47 bits per heavy atom. The summed E-state index contributed by atoms with van der Waals surface area (Å²) in [6, 6.07) is 10.6. The van der Waals surface area contributed by atoms with E-state index in [9.17, 15) is 5.26 Å². The molecule has 0 radical (unpaired) electrons. The molecule has 1 heterocycles. The summed E-state index contributed by atoms with van der Waals surface area (Å²) in [6.45, 7) is 5.27. The van der Waals surface area contributed by atoms with Gasteiger partial charge < -0.3 is 4.74 Å². The first-order valence-corrected chi connectivity index (χ1v) is 6.15. The highest BCUT2D eigenvalue weighted by atomic mass is 16.5. The Morgan fingerprint density at radius 1 is 1.29 bits per heavy atom. The highest BCUT2D eigenvalue weighted by molar-refractivity contribution is 5.28. The van der Waals surface area contributed by atoms with Gasteiger partial charge in [-0.05, 0) is 17.5 Å². The van der Waals surface area contributed by atoms with Gasteiger partial charge in [0.15, 0.2) is 0 Å². The molecule has 1 fully saturated rings. The van der Waals surface area contributed by atoms with Crippen molar-refractivity contribution >= 4 is 0 Å². The first kappa shape index (κ1) is 12.1. The van der Waals surface area contributed by atoms with Crippen molar-refractivity contribution in [3.63, 3.8) is 0 Å². The van der Waals surface area contributed by atoms with E-state index in [0.29, 0.717) is 0 Å². The number of benzene rings is 1. The van der Waals surface area contributed by atoms with Crippen LogP contribution in [0.1, 0.15) is 24.1 Å². The fourth-order valence-electron chi connectivity index (χ4n) is 2.14. The summed E-state index contributed by atoms with van der Waals surface area (Å²) in [5, 5.41) is 9.33. The van der Waals surface area contributed by atoms with Crippen LogP contribution in [0, 0.1) is 11.3 Å². The maximum Gasteiger partial charge on any atom is 0.124 e. The number of hydrogen-bond acceptors (Lipinski definition) is 3. The monoisotopic (exact) mass is 230 g/mol. The quantitative estimate of drug-likeness (QED) is 0.798. The molecule has 2 rings (SSSR count). The molecule has 0 amide bonds. The lowest BCUT2D eigenvalue weighted by Gasteiger charge is -2.30. The normalized spacial score (nSPS) is 18.6. The number of morpholine rings is 1. The van der Waals surface area contributed by atoms with Crippen molar-refractivity contribution in [1.82, 2.24) is 4.90 Å². The third-order valence-electron chi connectivity index (χ3n) is 3.24. The van der Waals surface area contributed by atoms with E-state index < -0.39 is 0 Å². The van der Waals surface area contributed by atoms with Gasteiger partial charge in [0.05, 0.1) is 19.3 Å². The molecular weight excluding hydrogens is 212 g/mol. The van der Waals surface area contributed by atoms with Crippen LogP contribution >= 0.6 is 0 Å². The molecule has 0 aliphatic carbocycles. The van der Waals surface area contributed by atoms with Gasteiger partial charge in [-0.1, -0.05) is 31.2 Å². The lowest BCUT2D eigenvalue weighted by Crippen LogP contribution is -2.38. The molecule has 0 spiro atoms. The van der Waals surface area contributed by atoms with Crippen LogP contribution in [0.2, 0.25) is 0 Å². The topological polar surface area (TPSA) is 36.3 Å². The van der Waals surface area contributed by atoms with Crippen molar-refractivity contribution in [1.29, 1.82) is 5.26 Å². The second kappa shape index (κ2) is 5.81. The van der Waals surface area contributed by atoms with Gasteiger partial charge in [-0.3, -0.25) is 4.90 Å². The summed E-state index contributed by atoms with van der Waals surface area (Å²) in [5.74, 6) is 0. The molecule has 1 aromatic rings. The Balaban J connectivity index is 2.13. The average molecular weight is 230 g/mol. The predicted molar refractivity (Wildman–Crippen MR) is 66.6 cm³/mol. The van der Waals surface area contributed by atoms with Crippen molar-refractivity contribution in [2.75, 3.05) is 26.3 Å². The van der Waals surface area contributed by atoms with Crippen molar-refractivity contribution in [3.05, 3.63) is 35.4 Å². The molecule has 3 nitrogen and oxygen atoms in total. The van der Waals surface area contributed by atoms with Gasteiger partial charge in [0, 0.05) is 13.1 Å². The Kier molecular flexibility index (Phi) is 4.13. The minimum Gasteiger partial charge on any atom is -0.379 e. The molecule has 1 aromatic carbocycles. The number of nitrogens with zero attached hydrogens (tertiary/aromatic N) is 2. The minimum atomic E-state index is -0.134. The molecule has 3 heteroatoms. The second-order valence-corrected chi connectivity index (χ2v) is 4.28. The maximum absolute atomic E-state index is 9.33. The SMILES string of the molecule is CCc1ccc(C(C#N)N2CCOCC2)cc1. The van der Waals surface area contributed by atoms with Gasteiger partial charge >= 0.3 is 0 Å². The van der Waals surface area contributed by atoms with E-state index >= 15 is 0 Å². The average Bonchev–Trinajstić information content (AvgIpc) is 2.42. The molecular formula is C14H18N2O. The number of aryl methyl sites for hydroxylation is 1. The van der Waals surface area contributed by atoms with Crippen LogP contribution in [-0.2, 0) is 11.2 Å². The predicted octanol–water partition coefficient (Wildman–Crippen LogP) is 2.15. The van der Waals surface area contributed by atoms with Crippen LogP contribution in [0.4, 0.5) is 0 Å². The summed E-state index contributed by atoms with van der Waals surface area (Å²) < 4.78 is 5.32. The zero-order valence-electron chi connectivity index (χ0n) is 10.2. The lowest BCUT2D eigenvalue weighted by molar-refractivity contribution is 0.0266. The zero-order valence-corrected chi connectivity index (χ0v) is 10.2. The van der Waals surface area contributed by atoms with E-state index in [1.54, 1.807) is 0 Å². The number of nitriles is 1. The molecule has 17 heavy (non-hydrogen) atoms. The molecule has 1 atom stereocenters. The Morgan fingerprint density at radius 2 is 1.94 bits per heavy atom. The number of ether oxygens (including phenoxy) is 1. The molecule has 1 saturated heterocycles. The molecule has 0 N–H and O–H groups in total. The molecule has 90 valence electrons. The van der Waals surface area contributed by atoms with E-state index in [1.807, 2.05) is 0 Å². The van der Waals surface area contributed by atoms with Crippen LogP contribution in [-0.4, -0.2) is 31.2 Å². The van der Waals surface area contributed by atoms with Crippen LogP contribution in [0.5, 0.6) is 0 Å². The minimum absolute atomic E-state index is 0.134. The van der Waals surface area contributed by atoms with Gasteiger partial charge in [0.1, 0.15) is 6.04 Å². The van der Waals surface area contributed by atoms with Crippen LogP contribution in [0.3, 0.4) is 0 Å². The van der Waals surface area contributed by atoms with Gasteiger partial charge in [0.25, 0.3) is 0 Å². The van der Waals surface area contributed by atoms with Crippen molar-refractivity contribution < 1.29 is 4.74 Å². The summed E-state index contributed by atoms with van der Waals surface area (Å²) in [6.07, 6.45) is 1.04. The standard InChI is InChI=1S/C14H18N2O/c1-2-12-3-5-13(6-4-12)14(11-15)16-7-9-17-10-8-16/h3-6,14H,2,7-10H2,1H3. The van der Waals surface area contributed by atoms with E-state index in [0.717, 1.165) is 38.3 Å². The fraction of sp³-hybridized carbons (Fsp3) is 0.500. The Hall–Kier alpha value is -1.37. The summed E-state index contributed by atoms with van der Waals surface area (Å²) in [4.78, 5) is 2.18. The number of rotatable bonds is 3. The third kappa shape index (κ3) is 2.85. The van der Waals surface area contributed by atoms with Crippen LogP contribution in [0.15, 0.2) is 24.3 Å².